The van der Waals surface area contributed by atoms with Crippen LogP contribution in [0.5, 0.6) is 0 Å². The largest absolute Gasteiger partial charge is 4.00 e. The van der Waals surface area contributed by atoms with E-state index >= 15 is 0 Å². The zero-order valence-corrected chi connectivity index (χ0v) is 25.3. The van der Waals surface area contributed by atoms with Gasteiger partial charge in [-0.05, 0) is 0 Å². The van der Waals surface area contributed by atoms with Crippen molar-refractivity contribution in [2.24, 2.45) is 0 Å². The summed E-state index contributed by atoms with van der Waals surface area (Å²) in [6, 6.07) is 1.84. The molecule has 1 rings (SSSR count). The number of halogens is 9. The predicted octanol–water partition coefficient (Wildman–Crippen LogP) is 8.87. The Morgan fingerprint density at radius 1 is 0.500 bits per heavy atom. The van der Waals surface area contributed by atoms with Gasteiger partial charge in [-0.2, -0.15) is 51.6 Å². The van der Waals surface area contributed by atoms with E-state index in [9.17, 15) is 39.5 Å². The molecule has 1 aromatic carbocycles. The van der Waals surface area contributed by atoms with Gasteiger partial charge in [0.1, 0.15) is 0 Å². The molecule has 0 spiro atoms. The number of rotatable bonds is 1. The van der Waals surface area contributed by atoms with Crippen molar-refractivity contribution < 1.29 is 65.4 Å². The molecule has 0 aliphatic heterocycles. The number of nitrogens with one attached hydrogen (secondary N) is 3. The smallest absolute Gasteiger partial charge is 0.673 e. The van der Waals surface area contributed by atoms with E-state index in [4.69, 9.17) is 17.2 Å². The summed E-state index contributed by atoms with van der Waals surface area (Å²) in [6.45, 7) is 16.7. The fourth-order valence-corrected chi connectivity index (χ4v) is 4.24. The molecule has 0 radical (unpaired) electrons. The maximum atomic E-state index is 12.6. The molecule has 3 nitrogen and oxygen atoms in total. The standard InChI is InChI=1S/C8H4F9Si.3C4H10N.Hf/c9-6(10,11)18(7(12,13)14,8(15,16)17)5-3-1-2-4-5;3*1-4(2,3)5;/h1-4H;3*5H,1-3H3;/q4*-1;+4. The van der Waals surface area contributed by atoms with Gasteiger partial charge < -0.3 is 17.2 Å². The van der Waals surface area contributed by atoms with Crippen LogP contribution in [0.25, 0.3) is 17.2 Å². The summed E-state index contributed by atoms with van der Waals surface area (Å²) >= 11 is 0. The predicted molar refractivity (Wildman–Crippen MR) is 118 cm³/mol. The van der Waals surface area contributed by atoms with E-state index in [-0.39, 0.29) is 54.6 Å². The first-order valence-corrected chi connectivity index (χ1v) is 11.5. The van der Waals surface area contributed by atoms with Crippen LogP contribution in [0.4, 0.5) is 39.5 Å². The Morgan fingerprint density at radius 2 is 0.647 bits per heavy atom. The first-order chi connectivity index (χ1) is 13.9. The second kappa shape index (κ2) is 13.8. The molecule has 0 aliphatic rings. The van der Waals surface area contributed by atoms with Crippen LogP contribution >= 0.6 is 0 Å². The van der Waals surface area contributed by atoms with E-state index in [2.05, 4.69) is 0 Å². The summed E-state index contributed by atoms with van der Waals surface area (Å²) in [5, 5.41) is -1.75. The first-order valence-electron chi connectivity index (χ1n) is 9.53. The quantitative estimate of drug-likeness (QED) is 0.160. The zero-order valence-electron chi connectivity index (χ0n) is 20.7. The van der Waals surface area contributed by atoms with Crippen molar-refractivity contribution in [3.8, 4) is 0 Å². The van der Waals surface area contributed by atoms with Crippen molar-refractivity contribution >= 4 is 13.3 Å². The summed E-state index contributed by atoms with van der Waals surface area (Å²) in [6.07, 6.45) is 0. The average molecular weight is 694 g/mol. The Balaban J connectivity index is -0.000000231. The van der Waals surface area contributed by atoms with Crippen molar-refractivity contribution in [3.05, 3.63) is 41.5 Å². The minimum absolute atomic E-state index is 0. The zero-order chi connectivity index (χ0) is 27.9. The Labute approximate surface area is 216 Å². The number of hydrogen-bond donors (Lipinski definition) is 0. The van der Waals surface area contributed by atoms with Crippen LogP contribution in [0.2, 0.25) is 0 Å². The number of alkyl halides is 9. The Hall–Kier alpha value is -0.313. The molecule has 0 unspecified atom stereocenters. The molecule has 1 aromatic rings. The summed E-state index contributed by atoms with van der Waals surface area (Å²) in [4.78, 5) is 0. The molecule has 0 heterocycles. The van der Waals surface area contributed by atoms with Crippen molar-refractivity contribution in [2.45, 2.75) is 96.3 Å². The van der Waals surface area contributed by atoms with Crippen LogP contribution < -0.4 is 5.19 Å². The van der Waals surface area contributed by atoms with Crippen molar-refractivity contribution in [2.75, 3.05) is 0 Å². The molecule has 0 saturated heterocycles. The van der Waals surface area contributed by atoms with Gasteiger partial charge in [-0.1, -0.05) is 62.3 Å². The first kappa shape index (κ1) is 40.8. The summed E-state index contributed by atoms with van der Waals surface area (Å²) < 4.78 is 113. The second-order valence-electron chi connectivity index (χ2n) is 10.2. The molecule has 0 bridgehead atoms. The normalized spacial score (nSPS) is 13.2. The fourth-order valence-electron chi connectivity index (χ4n) is 1.60. The Bertz CT molecular complexity index is 567. The monoisotopic (exact) mass is 695 g/mol. The van der Waals surface area contributed by atoms with Gasteiger partial charge in [0.15, 0.2) is 0 Å². The van der Waals surface area contributed by atoms with Gasteiger partial charge in [0.25, 0.3) is 0 Å². The van der Waals surface area contributed by atoms with Crippen LogP contribution in [-0.2, 0) is 25.8 Å². The molecule has 0 aromatic heterocycles. The van der Waals surface area contributed by atoms with Crippen molar-refractivity contribution in [3.63, 3.8) is 0 Å². The van der Waals surface area contributed by atoms with Crippen LogP contribution in [-0.4, -0.2) is 42.1 Å². The van der Waals surface area contributed by atoms with Crippen LogP contribution in [0.3, 0.4) is 0 Å². The molecular weight excluding hydrogens is 660 g/mol. The van der Waals surface area contributed by atoms with Gasteiger partial charge in [-0.15, -0.1) is 21.8 Å². The SMILES string of the molecule is CC(C)(C)[NH-].CC(C)(C)[NH-].CC(C)(C)[NH-].FC(F)(F)[Si]([c-]1cccc1)(C(F)(F)F)C(F)(F)F.[Hf+4]. The summed E-state index contributed by atoms with van der Waals surface area (Å²) in [5.74, 6) is -19.2. The maximum Gasteiger partial charge on any atom is 4.00 e. The molecule has 3 N–H and O–H groups in total. The van der Waals surface area contributed by atoms with Crippen LogP contribution in [0, 0.1) is 0 Å². The van der Waals surface area contributed by atoms with Crippen molar-refractivity contribution in [1.29, 1.82) is 0 Å². The minimum atomic E-state index is -7.72. The molecular formula is C20H34F9HfN3Si. The minimum Gasteiger partial charge on any atom is -0.673 e. The van der Waals surface area contributed by atoms with E-state index in [0.717, 1.165) is 0 Å². The van der Waals surface area contributed by atoms with Gasteiger partial charge in [0, 0.05) is 0 Å². The van der Waals surface area contributed by atoms with Gasteiger partial charge in [-0.3, -0.25) is 0 Å². The molecule has 0 amide bonds. The average Bonchev–Trinajstić information content (AvgIpc) is 2.80. The van der Waals surface area contributed by atoms with E-state index in [1.54, 1.807) is 0 Å². The van der Waals surface area contributed by atoms with Crippen LogP contribution in [0.1, 0.15) is 62.3 Å². The van der Waals surface area contributed by atoms with Crippen molar-refractivity contribution in [1.82, 2.24) is 0 Å². The van der Waals surface area contributed by atoms with E-state index in [0.29, 0.717) is 12.1 Å². The fraction of sp³-hybridized carbons (Fsp3) is 0.750. The summed E-state index contributed by atoms with van der Waals surface area (Å²) in [5.41, 5.74) is 20.1. The Morgan fingerprint density at radius 3 is 0.765 bits per heavy atom. The van der Waals surface area contributed by atoms with Gasteiger partial charge in [0.05, 0.1) is 0 Å². The third-order valence-electron chi connectivity index (χ3n) is 2.37. The molecule has 34 heavy (non-hydrogen) atoms. The van der Waals surface area contributed by atoms with E-state index in [1.807, 2.05) is 62.3 Å². The molecule has 14 heteroatoms. The molecule has 0 fully saturated rings. The maximum absolute atomic E-state index is 12.6. The van der Waals surface area contributed by atoms with Gasteiger partial charge in [-0.25, -0.2) is 12.1 Å². The van der Waals surface area contributed by atoms with E-state index in [1.165, 1.54) is 0 Å². The van der Waals surface area contributed by atoms with Gasteiger partial charge >= 0.3 is 51.3 Å². The van der Waals surface area contributed by atoms with Gasteiger partial charge in [0.2, 0.25) is 0 Å². The summed E-state index contributed by atoms with van der Waals surface area (Å²) in [7, 11) is -7.72. The van der Waals surface area contributed by atoms with Crippen LogP contribution in [0.15, 0.2) is 24.3 Å². The molecule has 0 aliphatic carbocycles. The third kappa shape index (κ3) is 18.9. The van der Waals surface area contributed by atoms with E-state index < -0.39 is 30.7 Å². The third-order valence-corrected chi connectivity index (χ3v) is 6.12. The second-order valence-corrected chi connectivity index (χ2v) is 13.9. The Kier molecular flexibility index (Phi) is 16.6. The molecule has 200 valence electrons. The molecule has 0 atom stereocenters. The topological polar surface area (TPSA) is 71.4 Å². The number of hydrogen-bond acceptors (Lipinski definition) is 0. The molecule has 0 saturated carbocycles.